The van der Waals surface area contributed by atoms with Gasteiger partial charge < -0.3 is 19.5 Å². The zero-order valence-corrected chi connectivity index (χ0v) is 15.7. The number of fused-ring (bicyclic) bond motifs is 1. The number of carbonyl (C=O) groups excluding carboxylic acids is 2. The number of amides is 1. The van der Waals surface area contributed by atoms with E-state index in [9.17, 15) is 9.59 Å². The van der Waals surface area contributed by atoms with Crippen LogP contribution in [0.4, 0.5) is 5.69 Å². The van der Waals surface area contributed by atoms with Crippen molar-refractivity contribution in [3.63, 3.8) is 0 Å². The van der Waals surface area contributed by atoms with Crippen LogP contribution >= 0.6 is 0 Å². The van der Waals surface area contributed by atoms with Crippen molar-refractivity contribution in [1.29, 1.82) is 0 Å². The van der Waals surface area contributed by atoms with Gasteiger partial charge in [0, 0.05) is 23.4 Å². The number of carbonyl (C=O) groups is 2. The van der Waals surface area contributed by atoms with Crippen LogP contribution in [0.1, 0.15) is 56.3 Å². The van der Waals surface area contributed by atoms with Crippen molar-refractivity contribution >= 4 is 17.4 Å². The minimum absolute atomic E-state index is 0.116. The van der Waals surface area contributed by atoms with E-state index in [-0.39, 0.29) is 11.7 Å². The number of nitrogens with one attached hydrogen (secondary N) is 2. The fourth-order valence-electron chi connectivity index (χ4n) is 3.60. The highest BCUT2D eigenvalue weighted by molar-refractivity contribution is 6.08. The summed E-state index contributed by atoms with van der Waals surface area (Å²) in [6.45, 7) is 2.63. The lowest BCUT2D eigenvalue weighted by Gasteiger charge is -2.09. The van der Waals surface area contributed by atoms with Crippen LogP contribution in [0.3, 0.4) is 0 Å². The second-order valence-electron chi connectivity index (χ2n) is 6.98. The van der Waals surface area contributed by atoms with Gasteiger partial charge in [-0.3, -0.25) is 9.59 Å². The lowest BCUT2D eigenvalue weighted by Crippen LogP contribution is -2.14. The molecule has 144 valence electrons. The van der Waals surface area contributed by atoms with Gasteiger partial charge in [0.2, 0.25) is 0 Å². The zero-order valence-electron chi connectivity index (χ0n) is 15.7. The summed E-state index contributed by atoms with van der Waals surface area (Å²) in [6, 6.07) is 11.2. The van der Waals surface area contributed by atoms with E-state index in [1.165, 1.54) is 0 Å². The molecule has 2 heterocycles. The van der Waals surface area contributed by atoms with Gasteiger partial charge in [-0.25, -0.2) is 0 Å². The molecule has 1 aliphatic rings. The molecule has 2 aromatic heterocycles. The molecule has 2 N–H and O–H groups in total. The molecule has 6 nitrogen and oxygen atoms in total. The number of ketones is 1. The molecule has 0 aliphatic heterocycles. The third-order valence-electron chi connectivity index (χ3n) is 4.94. The monoisotopic (exact) mass is 378 g/mol. The number of rotatable bonds is 6. The van der Waals surface area contributed by atoms with E-state index in [2.05, 4.69) is 10.3 Å². The Balaban J connectivity index is 1.43. The zero-order chi connectivity index (χ0) is 19.5. The fraction of sp³-hybridized carbons (Fsp3) is 0.273. The Hall–Kier alpha value is -3.12. The van der Waals surface area contributed by atoms with Crippen molar-refractivity contribution in [2.24, 2.45) is 0 Å². The molecular formula is C22H22N2O4. The van der Waals surface area contributed by atoms with Crippen molar-refractivity contribution in [2.45, 2.75) is 39.4 Å². The smallest absolute Gasteiger partial charge is 0.272 e. The highest BCUT2D eigenvalue weighted by atomic mass is 16.5. The molecule has 1 aromatic carbocycles. The average molecular weight is 378 g/mol. The molecule has 0 unspecified atom stereocenters. The third-order valence-corrected chi connectivity index (χ3v) is 4.94. The molecule has 0 spiro atoms. The largest absolute Gasteiger partial charge is 0.467 e. The van der Waals surface area contributed by atoms with Crippen LogP contribution in [0.25, 0.3) is 0 Å². The third kappa shape index (κ3) is 3.77. The van der Waals surface area contributed by atoms with Gasteiger partial charge in [0.1, 0.15) is 18.1 Å². The number of aromatic amines is 1. The summed E-state index contributed by atoms with van der Waals surface area (Å²) in [5, 5.41) is 2.91. The maximum atomic E-state index is 12.7. The first-order valence-corrected chi connectivity index (χ1v) is 9.37. The molecule has 4 rings (SSSR count). The summed E-state index contributed by atoms with van der Waals surface area (Å²) >= 11 is 0. The van der Waals surface area contributed by atoms with E-state index >= 15 is 0 Å². The van der Waals surface area contributed by atoms with E-state index < -0.39 is 0 Å². The van der Waals surface area contributed by atoms with Crippen LogP contribution in [0.2, 0.25) is 0 Å². The number of furan rings is 1. The Bertz CT molecular complexity index is 1000. The van der Waals surface area contributed by atoms with Crippen molar-refractivity contribution in [2.75, 3.05) is 5.32 Å². The molecule has 1 aliphatic carbocycles. The SMILES string of the molecule is Cc1c(C(=O)Nc2cccc(COCc3ccco3)c2)[nH]c2c1C(=O)CCC2. The number of benzene rings is 1. The van der Waals surface area contributed by atoms with E-state index in [1.807, 2.05) is 43.3 Å². The van der Waals surface area contributed by atoms with Gasteiger partial charge in [-0.15, -0.1) is 0 Å². The maximum absolute atomic E-state index is 12.7. The number of anilines is 1. The Kier molecular flexibility index (Phi) is 5.12. The van der Waals surface area contributed by atoms with Gasteiger partial charge in [-0.05, 0) is 55.2 Å². The van der Waals surface area contributed by atoms with E-state index in [1.54, 1.807) is 6.26 Å². The van der Waals surface area contributed by atoms with Crippen LogP contribution in [-0.4, -0.2) is 16.7 Å². The summed E-state index contributed by atoms with van der Waals surface area (Å²) in [6.07, 6.45) is 3.79. The second-order valence-corrected chi connectivity index (χ2v) is 6.98. The maximum Gasteiger partial charge on any atom is 0.272 e. The predicted octanol–water partition coefficient (Wildman–Crippen LogP) is 4.40. The van der Waals surface area contributed by atoms with Gasteiger partial charge in [-0.1, -0.05) is 12.1 Å². The number of aromatic nitrogens is 1. The van der Waals surface area contributed by atoms with Crippen LogP contribution in [0.15, 0.2) is 47.1 Å². The number of ether oxygens (including phenoxy) is 1. The second kappa shape index (κ2) is 7.86. The first kappa shape index (κ1) is 18.3. The quantitative estimate of drug-likeness (QED) is 0.666. The number of Topliss-reactive ketones (excluding diaryl/α,β-unsaturated/α-hetero) is 1. The molecule has 6 heteroatoms. The minimum Gasteiger partial charge on any atom is -0.467 e. The van der Waals surface area contributed by atoms with Crippen LogP contribution in [0.5, 0.6) is 0 Å². The van der Waals surface area contributed by atoms with Crippen LogP contribution in [0, 0.1) is 6.92 Å². The lowest BCUT2D eigenvalue weighted by molar-refractivity contribution is 0.0929. The van der Waals surface area contributed by atoms with Crippen molar-refractivity contribution in [1.82, 2.24) is 4.98 Å². The van der Waals surface area contributed by atoms with Crippen molar-refractivity contribution < 1.29 is 18.7 Å². The summed E-state index contributed by atoms with van der Waals surface area (Å²) in [7, 11) is 0. The normalized spacial score (nSPS) is 13.4. The van der Waals surface area contributed by atoms with Gasteiger partial charge in [0.15, 0.2) is 5.78 Å². The van der Waals surface area contributed by atoms with Crippen molar-refractivity contribution in [3.8, 4) is 0 Å². The number of aryl methyl sites for hydroxylation is 1. The topological polar surface area (TPSA) is 84.3 Å². The molecule has 0 atom stereocenters. The molecular weight excluding hydrogens is 356 g/mol. The highest BCUT2D eigenvalue weighted by Crippen LogP contribution is 2.27. The van der Waals surface area contributed by atoms with E-state index in [0.29, 0.717) is 36.6 Å². The Morgan fingerprint density at radius 1 is 1.21 bits per heavy atom. The predicted molar refractivity (Wildman–Crippen MR) is 104 cm³/mol. The summed E-state index contributed by atoms with van der Waals surface area (Å²) in [5.41, 5.74) is 4.38. The highest BCUT2D eigenvalue weighted by Gasteiger charge is 2.26. The Morgan fingerprint density at radius 3 is 2.89 bits per heavy atom. The van der Waals surface area contributed by atoms with Gasteiger partial charge in [-0.2, -0.15) is 0 Å². The van der Waals surface area contributed by atoms with E-state index in [4.69, 9.17) is 9.15 Å². The Morgan fingerprint density at radius 2 is 2.11 bits per heavy atom. The molecule has 0 bridgehead atoms. The summed E-state index contributed by atoms with van der Waals surface area (Å²) < 4.78 is 10.9. The summed E-state index contributed by atoms with van der Waals surface area (Å²) in [5.74, 6) is 0.642. The fourth-order valence-corrected chi connectivity index (χ4v) is 3.60. The molecule has 0 saturated heterocycles. The molecule has 0 radical (unpaired) electrons. The minimum atomic E-state index is -0.242. The van der Waals surface area contributed by atoms with Crippen LogP contribution in [-0.2, 0) is 24.4 Å². The molecule has 28 heavy (non-hydrogen) atoms. The first-order chi connectivity index (χ1) is 13.6. The van der Waals surface area contributed by atoms with Gasteiger partial charge in [0.05, 0.1) is 12.9 Å². The molecule has 0 saturated carbocycles. The average Bonchev–Trinajstić information content (AvgIpc) is 3.31. The van der Waals surface area contributed by atoms with Gasteiger partial charge in [0.25, 0.3) is 5.91 Å². The number of H-pyrrole nitrogens is 1. The molecule has 3 aromatic rings. The number of hydrogen-bond acceptors (Lipinski definition) is 4. The summed E-state index contributed by atoms with van der Waals surface area (Å²) in [4.78, 5) is 28.1. The van der Waals surface area contributed by atoms with Crippen LogP contribution < -0.4 is 5.32 Å². The lowest BCUT2D eigenvalue weighted by atomic mass is 9.94. The van der Waals surface area contributed by atoms with Gasteiger partial charge >= 0.3 is 0 Å². The molecule has 0 fully saturated rings. The van der Waals surface area contributed by atoms with Crippen molar-refractivity contribution in [3.05, 3.63) is 76.5 Å². The van der Waals surface area contributed by atoms with E-state index in [0.717, 1.165) is 35.4 Å². The Labute approximate surface area is 162 Å². The first-order valence-electron chi connectivity index (χ1n) is 9.37. The molecule has 1 amide bonds. The number of hydrogen-bond donors (Lipinski definition) is 2. The standard InChI is InChI=1S/C22H22N2O4/c1-14-20-18(8-3-9-19(20)25)24-21(14)22(26)23-16-6-2-5-15(11-16)12-27-13-17-7-4-10-28-17/h2,4-7,10-11,24H,3,8-9,12-13H2,1H3,(H,23,26).